The molecule has 0 spiro atoms. The van der Waals surface area contributed by atoms with Gasteiger partial charge in [0, 0.05) is 6.42 Å². The van der Waals surface area contributed by atoms with E-state index in [1.54, 1.807) is 6.08 Å². The van der Waals surface area contributed by atoms with Crippen LogP contribution < -0.4 is 0 Å². The van der Waals surface area contributed by atoms with Crippen LogP contribution in [0.4, 0.5) is 0 Å². The maximum absolute atomic E-state index is 11.1. The fourth-order valence-corrected chi connectivity index (χ4v) is 1.09. The largest absolute Gasteiger partial charge is 0.393 e. The van der Waals surface area contributed by atoms with Gasteiger partial charge in [-0.25, -0.2) is 0 Å². The highest BCUT2D eigenvalue weighted by atomic mass is 16.6. The zero-order chi connectivity index (χ0) is 11.5. The van der Waals surface area contributed by atoms with Gasteiger partial charge in [-0.15, -0.1) is 0 Å². The Labute approximate surface area is 91.5 Å². The van der Waals surface area contributed by atoms with Gasteiger partial charge in [0.05, 0.1) is 6.42 Å². The van der Waals surface area contributed by atoms with Gasteiger partial charge in [0.1, 0.15) is 0 Å². The first-order valence-electron chi connectivity index (χ1n) is 5.59. The average Bonchev–Trinajstić information content (AvgIpc) is 2.18. The van der Waals surface area contributed by atoms with Gasteiger partial charge < -0.3 is 4.74 Å². The van der Waals surface area contributed by atoms with Crippen molar-refractivity contribution < 1.29 is 14.3 Å². The van der Waals surface area contributed by atoms with Gasteiger partial charge in [-0.1, -0.05) is 38.8 Å². The molecule has 3 heteroatoms. The Morgan fingerprint density at radius 2 is 1.80 bits per heavy atom. The normalized spacial score (nSPS) is 10.5. The third-order valence-corrected chi connectivity index (χ3v) is 1.90. The summed E-state index contributed by atoms with van der Waals surface area (Å²) in [5.74, 6) is -0.862. The zero-order valence-corrected chi connectivity index (χ0v) is 9.62. The lowest BCUT2D eigenvalue weighted by Crippen LogP contribution is -2.11. The molecule has 0 aliphatic heterocycles. The molecule has 0 amide bonds. The number of rotatable bonds is 7. The summed E-state index contributed by atoms with van der Waals surface area (Å²) in [7, 11) is 0. The molecule has 0 aromatic heterocycles. The van der Waals surface area contributed by atoms with Gasteiger partial charge in [0.15, 0.2) is 0 Å². The maximum atomic E-state index is 11.1. The van der Waals surface area contributed by atoms with E-state index in [-0.39, 0.29) is 6.42 Å². The molecule has 0 atom stereocenters. The van der Waals surface area contributed by atoms with Crippen molar-refractivity contribution in [2.45, 2.75) is 52.4 Å². The fourth-order valence-electron chi connectivity index (χ4n) is 1.09. The van der Waals surface area contributed by atoms with Crippen LogP contribution in [0.3, 0.4) is 0 Å². The van der Waals surface area contributed by atoms with Gasteiger partial charge in [0.2, 0.25) is 0 Å². The van der Waals surface area contributed by atoms with Crippen molar-refractivity contribution in [3.8, 4) is 0 Å². The van der Waals surface area contributed by atoms with Crippen molar-refractivity contribution in [2.75, 3.05) is 0 Å². The van der Waals surface area contributed by atoms with Gasteiger partial charge >= 0.3 is 11.9 Å². The van der Waals surface area contributed by atoms with E-state index in [9.17, 15) is 9.59 Å². The van der Waals surface area contributed by atoms with E-state index in [2.05, 4.69) is 11.7 Å². The van der Waals surface area contributed by atoms with Crippen molar-refractivity contribution in [3.05, 3.63) is 12.2 Å². The Bertz CT molecular complexity index is 219. The number of esters is 2. The molecule has 0 N–H and O–H groups in total. The van der Waals surface area contributed by atoms with Crippen molar-refractivity contribution in [1.29, 1.82) is 0 Å². The molecule has 15 heavy (non-hydrogen) atoms. The van der Waals surface area contributed by atoms with E-state index in [0.29, 0.717) is 6.42 Å². The van der Waals surface area contributed by atoms with Crippen molar-refractivity contribution >= 4 is 11.9 Å². The molecule has 0 aromatic rings. The summed E-state index contributed by atoms with van der Waals surface area (Å²) >= 11 is 0. The van der Waals surface area contributed by atoms with Crippen LogP contribution in [0, 0.1) is 0 Å². The molecule has 0 rings (SSSR count). The van der Waals surface area contributed by atoms with E-state index >= 15 is 0 Å². The van der Waals surface area contributed by atoms with Crippen molar-refractivity contribution in [2.24, 2.45) is 0 Å². The van der Waals surface area contributed by atoms with Crippen molar-refractivity contribution in [3.63, 3.8) is 0 Å². The molecule has 0 radical (unpaired) electrons. The minimum atomic E-state index is -0.457. The van der Waals surface area contributed by atoms with Crippen LogP contribution >= 0.6 is 0 Å². The van der Waals surface area contributed by atoms with Gasteiger partial charge in [0.25, 0.3) is 0 Å². The lowest BCUT2D eigenvalue weighted by atomic mass is 10.2. The quantitative estimate of drug-likeness (QED) is 0.282. The molecule has 0 fully saturated rings. The number of unbranched alkanes of at least 4 members (excludes halogenated alkanes) is 2. The Balaban J connectivity index is 3.58. The van der Waals surface area contributed by atoms with E-state index in [0.717, 1.165) is 25.7 Å². The van der Waals surface area contributed by atoms with E-state index in [1.165, 1.54) is 0 Å². The Kier molecular flexibility index (Phi) is 8.73. The number of hydrogen-bond acceptors (Lipinski definition) is 3. The summed E-state index contributed by atoms with van der Waals surface area (Å²) in [6, 6.07) is 0. The first-order chi connectivity index (χ1) is 7.20. The summed E-state index contributed by atoms with van der Waals surface area (Å²) in [5.41, 5.74) is 0. The highest BCUT2D eigenvalue weighted by Gasteiger charge is 2.07. The Morgan fingerprint density at radius 3 is 2.40 bits per heavy atom. The summed E-state index contributed by atoms with van der Waals surface area (Å²) < 4.78 is 4.61. The van der Waals surface area contributed by atoms with Gasteiger partial charge in [-0.05, 0) is 12.8 Å². The van der Waals surface area contributed by atoms with Crippen LogP contribution in [-0.4, -0.2) is 11.9 Å². The van der Waals surface area contributed by atoms with E-state index < -0.39 is 11.9 Å². The highest BCUT2D eigenvalue weighted by Crippen LogP contribution is 2.01. The second-order valence-electron chi connectivity index (χ2n) is 3.39. The predicted octanol–water partition coefficient (Wildman–Crippen LogP) is 2.99. The van der Waals surface area contributed by atoms with Gasteiger partial charge in [-0.3, -0.25) is 9.59 Å². The molecule has 0 bridgehead atoms. The number of ether oxygens (including phenoxy) is 1. The molecule has 0 aliphatic rings. The second kappa shape index (κ2) is 9.44. The molecule has 0 unspecified atom stereocenters. The first-order valence-corrected chi connectivity index (χ1v) is 5.59. The van der Waals surface area contributed by atoms with Crippen LogP contribution in [0.1, 0.15) is 52.4 Å². The van der Waals surface area contributed by atoms with Crippen molar-refractivity contribution in [1.82, 2.24) is 0 Å². The van der Waals surface area contributed by atoms with Crippen LogP contribution in [-0.2, 0) is 14.3 Å². The molecule has 0 saturated heterocycles. The number of carbonyl (C=O) groups is 2. The number of hydrogen-bond donors (Lipinski definition) is 0. The minimum absolute atomic E-state index is 0.188. The molecule has 0 heterocycles. The second-order valence-corrected chi connectivity index (χ2v) is 3.39. The smallest absolute Gasteiger partial charge is 0.317 e. The van der Waals surface area contributed by atoms with Crippen LogP contribution in [0.2, 0.25) is 0 Å². The molecule has 3 nitrogen and oxygen atoms in total. The third-order valence-electron chi connectivity index (χ3n) is 1.90. The highest BCUT2D eigenvalue weighted by molar-refractivity contribution is 5.86. The lowest BCUT2D eigenvalue weighted by molar-refractivity contribution is -0.159. The number of allylic oxidation sites excluding steroid dienone is 1. The van der Waals surface area contributed by atoms with Gasteiger partial charge in [-0.2, -0.15) is 0 Å². The first kappa shape index (κ1) is 13.9. The standard InChI is InChI=1S/C12H20O3/c1-3-5-7-9-11(13)15-12(14)10-8-6-4-2/h5,7H,3-4,6,8-10H2,1-2H3. The molecule has 0 aliphatic carbocycles. The summed E-state index contributed by atoms with van der Waals surface area (Å²) in [4.78, 5) is 22.2. The zero-order valence-electron chi connectivity index (χ0n) is 9.62. The maximum Gasteiger partial charge on any atom is 0.317 e. The monoisotopic (exact) mass is 212 g/mol. The molecular weight excluding hydrogens is 192 g/mol. The Morgan fingerprint density at radius 1 is 1.07 bits per heavy atom. The van der Waals surface area contributed by atoms with Crippen LogP contribution in [0.5, 0.6) is 0 Å². The fraction of sp³-hybridized carbons (Fsp3) is 0.667. The SMILES string of the molecule is CCC=CCC(=O)OC(=O)CCCCC. The Hall–Kier alpha value is -1.12. The minimum Gasteiger partial charge on any atom is -0.393 e. The summed E-state index contributed by atoms with van der Waals surface area (Å²) in [6.45, 7) is 4.05. The van der Waals surface area contributed by atoms with E-state index in [1.807, 2.05) is 13.0 Å². The van der Waals surface area contributed by atoms with Crippen LogP contribution in [0.15, 0.2) is 12.2 Å². The average molecular weight is 212 g/mol. The molecule has 0 aromatic carbocycles. The molecule has 0 saturated carbocycles. The summed E-state index contributed by atoms with van der Waals surface area (Å²) in [5, 5.41) is 0. The third kappa shape index (κ3) is 9.19. The molecule has 86 valence electrons. The lowest BCUT2D eigenvalue weighted by Gasteiger charge is -2.00. The summed E-state index contributed by atoms with van der Waals surface area (Å²) in [6.07, 6.45) is 7.87. The number of carbonyl (C=O) groups excluding carboxylic acids is 2. The molecular formula is C12H20O3. The van der Waals surface area contributed by atoms with E-state index in [4.69, 9.17) is 0 Å². The van der Waals surface area contributed by atoms with Crippen LogP contribution in [0.25, 0.3) is 0 Å². The predicted molar refractivity (Wildman–Crippen MR) is 59.3 cm³/mol. The topological polar surface area (TPSA) is 43.4 Å².